The zero-order valence-electron chi connectivity index (χ0n) is 9.89. The second-order valence-corrected chi connectivity index (χ2v) is 4.69. The van der Waals surface area contributed by atoms with Crippen LogP contribution in [0.1, 0.15) is 17.4 Å². The number of nitrogens with zero attached hydrogens (tertiary/aromatic N) is 2. The Bertz CT molecular complexity index is 356. The van der Waals surface area contributed by atoms with Gasteiger partial charge in [-0.05, 0) is 6.54 Å². The molecule has 1 fully saturated rings. The Morgan fingerprint density at radius 3 is 3.35 bits per heavy atom. The van der Waals surface area contributed by atoms with Crippen molar-refractivity contribution in [2.75, 3.05) is 32.8 Å². The zero-order chi connectivity index (χ0) is 12.1. The van der Waals surface area contributed by atoms with Gasteiger partial charge < -0.3 is 10.1 Å². The van der Waals surface area contributed by atoms with Crippen LogP contribution in [0.5, 0.6) is 0 Å². The van der Waals surface area contributed by atoms with Crippen molar-refractivity contribution in [3.05, 3.63) is 16.6 Å². The first-order valence-electron chi connectivity index (χ1n) is 5.80. The van der Waals surface area contributed by atoms with Crippen molar-refractivity contribution in [1.82, 2.24) is 15.2 Å². The maximum Gasteiger partial charge on any atom is 0.270 e. The standard InChI is InChI=1S/C11H17N3O2S/c1-2-14-3-4-16-9(6-14)5-12-11(15)10-7-17-8-13-10/h7-9H,2-6H2,1H3,(H,12,15). The molecule has 1 saturated heterocycles. The van der Waals surface area contributed by atoms with E-state index < -0.39 is 0 Å². The molecular weight excluding hydrogens is 238 g/mol. The number of ether oxygens (including phenoxy) is 1. The van der Waals surface area contributed by atoms with Gasteiger partial charge in [0.25, 0.3) is 5.91 Å². The number of morpholine rings is 1. The minimum absolute atomic E-state index is 0.0892. The lowest BCUT2D eigenvalue weighted by atomic mass is 10.2. The molecule has 1 aliphatic heterocycles. The van der Waals surface area contributed by atoms with Gasteiger partial charge in [0.15, 0.2) is 0 Å². The molecule has 2 rings (SSSR count). The molecular formula is C11H17N3O2S. The molecule has 1 atom stereocenters. The fourth-order valence-electron chi connectivity index (χ4n) is 1.81. The SMILES string of the molecule is CCN1CCOC(CNC(=O)c2cscn2)C1. The van der Waals surface area contributed by atoms with Crippen LogP contribution < -0.4 is 5.32 Å². The Labute approximate surface area is 105 Å². The van der Waals surface area contributed by atoms with Gasteiger partial charge in [0.1, 0.15) is 5.69 Å². The quantitative estimate of drug-likeness (QED) is 0.856. The molecule has 0 bridgehead atoms. The lowest BCUT2D eigenvalue weighted by molar-refractivity contribution is -0.0246. The molecule has 5 nitrogen and oxygen atoms in total. The summed E-state index contributed by atoms with van der Waals surface area (Å²) in [7, 11) is 0. The fraction of sp³-hybridized carbons (Fsp3) is 0.636. The van der Waals surface area contributed by atoms with Crippen molar-refractivity contribution in [2.45, 2.75) is 13.0 Å². The van der Waals surface area contributed by atoms with Gasteiger partial charge in [-0.25, -0.2) is 4.98 Å². The summed E-state index contributed by atoms with van der Waals surface area (Å²) in [6.45, 7) is 6.31. The van der Waals surface area contributed by atoms with Crippen molar-refractivity contribution in [1.29, 1.82) is 0 Å². The fourth-order valence-corrected chi connectivity index (χ4v) is 2.34. The van der Waals surface area contributed by atoms with E-state index in [2.05, 4.69) is 22.1 Å². The molecule has 0 aromatic carbocycles. The van der Waals surface area contributed by atoms with E-state index in [1.54, 1.807) is 10.9 Å². The number of rotatable bonds is 4. The molecule has 2 heterocycles. The maximum atomic E-state index is 11.7. The number of aromatic nitrogens is 1. The van der Waals surface area contributed by atoms with Crippen LogP contribution in [-0.4, -0.2) is 54.7 Å². The Hall–Kier alpha value is -0.980. The van der Waals surface area contributed by atoms with Crippen LogP contribution in [0.15, 0.2) is 10.9 Å². The highest BCUT2D eigenvalue weighted by Crippen LogP contribution is 2.05. The first kappa shape index (κ1) is 12.5. The van der Waals surface area contributed by atoms with Gasteiger partial charge >= 0.3 is 0 Å². The average Bonchev–Trinajstić information content (AvgIpc) is 2.90. The first-order valence-corrected chi connectivity index (χ1v) is 6.74. The van der Waals surface area contributed by atoms with E-state index >= 15 is 0 Å². The number of thiazole rings is 1. The second-order valence-electron chi connectivity index (χ2n) is 3.97. The Morgan fingerprint density at radius 1 is 1.76 bits per heavy atom. The number of hydrogen-bond donors (Lipinski definition) is 1. The largest absolute Gasteiger partial charge is 0.374 e. The highest BCUT2D eigenvalue weighted by Gasteiger charge is 2.20. The zero-order valence-corrected chi connectivity index (χ0v) is 10.7. The van der Waals surface area contributed by atoms with Crippen LogP contribution >= 0.6 is 11.3 Å². The summed E-state index contributed by atoms with van der Waals surface area (Å²) >= 11 is 1.42. The molecule has 94 valence electrons. The van der Waals surface area contributed by atoms with Crippen molar-refractivity contribution < 1.29 is 9.53 Å². The Kier molecular flexibility index (Phi) is 4.47. The van der Waals surface area contributed by atoms with Crippen LogP contribution in [0.2, 0.25) is 0 Å². The first-order chi connectivity index (χ1) is 8.29. The lowest BCUT2D eigenvalue weighted by Gasteiger charge is -2.32. The van der Waals surface area contributed by atoms with Crippen LogP contribution in [0.25, 0.3) is 0 Å². The van der Waals surface area contributed by atoms with Crippen LogP contribution in [-0.2, 0) is 4.74 Å². The summed E-state index contributed by atoms with van der Waals surface area (Å²) in [4.78, 5) is 18.0. The summed E-state index contributed by atoms with van der Waals surface area (Å²) in [5.41, 5.74) is 2.14. The molecule has 1 amide bonds. The molecule has 0 aliphatic carbocycles. The average molecular weight is 255 g/mol. The summed E-state index contributed by atoms with van der Waals surface area (Å²) in [5.74, 6) is -0.122. The topological polar surface area (TPSA) is 54.5 Å². The third-order valence-corrected chi connectivity index (χ3v) is 3.41. The molecule has 1 aromatic rings. The minimum Gasteiger partial charge on any atom is -0.374 e. The molecule has 1 N–H and O–H groups in total. The van der Waals surface area contributed by atoms with E-state index in [-0.39, 0.29) is 12.0 Å². The van der Waals surface area contributed by atoms with Gasteiger partial charge in [0.2, 0.25) is 0 Å². The number of amides is 1. The molecule has 1 aromatic heterocycles. The lowest BCUT2D eigenvalue weighted by Crippen LogP contribution is -2.47. The predicted molar refractivity (Wildman–Crippen MR) is 66.3 cm³/mol. The summed E-state index contributed by atoms with van der Waals surface area (Å²) in [5, 5.41) is 4.60. The molecule has 6 heteroatoms. The van der Waals surface area contributed by atoms with Gasteiger partial charge in [0.05, 0.1) is 18.2 Å². The van der Waals surface area contributed by atoms with Crippen LogP contribution in [0, 0.1) is 0 Å². The number of likely N-dealkylation sites (N-methyl/N-ethyl adjacent to an activating group) is 1. The van der Waals surface area contributed by atoms with Gasteiger partial charge in [-0.15, -0.1) is 11.3 Å². The minimum atomic E-state index is -0.122. The second kappa shape index (κ2) is 6.09. The highest BCUT2D eigenvalue weighted by atomic mass is 32.1. The molecule has 1 aliphatic rings. The smallest absolute Gasteiger partial charge is 0.270 e. The van der Waals surface area contributed by atoms with E-state index in [4.69, 9.17) is 4.74 Å². The Balaban J connectivity index is 1.76. The third kappa shape index (κ3) is 3.49. The predicted octanol–water partition coefficient (Wildman–Crippen LogP) is 0.594. The number of hydrogen-bond acceptors (Lipinski definition) is 5. The van der Waals surface area contributed by atoms with E-state index in [1.807, 2.05) is 0 Å². The maximum absolute atomic E-state index is 11.7. The van der Waals surface area contributed by atoms with Gasteiger partial charge in [-0.2, -0.15) is 0 Å². The van der Waals surface area contributed by atoms with Gasteiger partial charge in [-0.3, -0.25) is 9.69 Å². The number of carbonyl (C=O) groups is 1. The van der Waals surface area contributed by atoms with E-state index in [1.165, 1.54) is 11.3 Å². The van der Waals surface area contributed by atoms with E-state index in [0.717, 1.165) is 26.2 Å². The van der Waals surface area contributed by atoms with Crippen molar-refractivity contribution >= 4 is 17.2 Å². The van der Waals surface area contributed by atoms with E-state index in [0.29, 0.717) is 12.2 Å². The van der Waals surface area contributed by atoms with Crippen molar-refractivity contribution in [2.24, 2.45) is 0 Å². The van der Waals surface area contributed by atoms with Crippen molar-refractivity contribution in [3.8, 4) is 0 Å². The third-order valence-electron chi connectivity index (χ3n) is 2.83. The van der Waals surface area contributed by atoms with Crippen LogP contribution in [0.4, 0.5) is 0 Å². The molecule has 17 heavy (non-hydrogen) atoms. The molecule has 0 radical (unpaired) electrons. The Morgan fingerprint density at radius 2 is 2.65 bits per heavy atom. The summed E-state index contributed by atoms with van der Waals surface area (Å²) in [6.07, 6.45) is 0.0892. The van der Waals surface area contributed by atoms with Crippen molar-refractivity contribution in [3.63, 3.8) is 0 Å². The number of carbonyl (C=O) groups excluding carboxylic acids is 1. The summed E-state index contributed by atoms with van der Waals surface area (Å²) in [6, 6.07) is 0. The molecule has 0 saturated carbocycles. The summed E-state index contributed by atoms with van der Waals surface area (Å²) < 4.78 is 5.60. The normalized spacial score (nSPS) is 21.4. The number of nitrogens with one attached hydrogen (secondary N) is 1. The molecule has 1 unspecified atom stereocenters. The van der Waals surface area contributed by atoms with Gasteiger partial charge in [-0.1, -0.05) is 6.92 Å². The van der Waals surface area contributed by atoms with E-state index in [9.17, 15) is 4.79 Å². The molecule has 0 spiro atoms. The van der Waals surface area contributed by atoms with Crippen LogP contribution in [0.3, 0.4) is 0 Å². The highest BCUT2D eigenvalue weighted by molar-refractivity contribution is 7.07. The monoisotopic (exact) mass is 255 g/mol. The van der Waals surface area contributed by atoms with Gasteiger partial charge in [0, 0.05) is 25.0 Å².